The molecular formula is C22H24ClN3O. The van der Waals surface area contributed by atoms with Crippen LogP contribution in [-0.4, -0.2) is 34.9 Å². The first-order valence-corrected chi connectivity index (χ1v) is 9.89. The Hall–Kier alpha value is -2.30. The first kappa shape index (κ1) is 18.1. The molecule has 1 aromatic heterocycles. The molecule has 4 rings (SSSR count). The number of hydrogen-bond donors (Lipinski definition) is 2. The number of nitrogens with zero attached hydrogens (tertiary/aromatic N) is 1. The number of rotatable bonds is 5. The summed E-state index contributed by atoms with van der Waals surface area (Å²) in [6.07, 6.45) is 1.76. The van der Waals surface area contributed by atoms with Crippen molar-refractivity contribution in [3.63, 3.8) is 0 Å². The molecule has 1 saturated heterocycles. The third-order valence-electron chi connectivity index (χ3n) is 5.31. The molecule has 1 aliphatic rings. The van der Waals surface area contributed by atoms with Gasteiger partial charge < -0.3 is 10.3 Å². The number of carbonyl (C=O) groups excluding carboxylic acids is 1. The SMILES string of the molecule is CCc1c(C(=O)N[C@@H]2CCN(Cc3ccccc3)C2)[nH]c2ccc(Cl)cc12. The van der Waals surface area contributed by atoms with Gasteiger partial charge in [-0.15, -0.1) is 0 Å². The van der Waals surface area contributed by atoms with Crippen molar-refractivity contribution in [1.82, 2.24) is 15.2 Å². The molecule has 0 radical (unpaired) electrons. The van der Waals surface area contributed by atoms with E-state index in [0.717, 1.165) is 48.9 Å². The van der Waals surface area contributed by atoms with Crippen LogP contribution in [-0.2, 0) is 13.0 Å². The minimum absolute atomic E-state index is 0.0225. The second kappa shape index (κ2) is 7.75. The van der Waals surface area contributed by atoms with Crippen molar-refractivity contribution >= 4 is 28.4 Å². The molecule has 140 valence electrons. The zero-order chi connectivity index (χ0) is 18.8. The molecule has 27 heavy (non-hydrogen) atoms. The van der Waals surface area contributed by atoms with Crippen molar-refractivity contribution in [2.45, 2.75) is 32.4 Å². The Balaban J connectivity index is 1.44. The summed E-state index contributed by atoms with van der Waals surface area (Å²) in [5.74, 6) is -0.0225. The van der Waals surface area contributed by atoms with Crippen LogP contribution in [0.4, 0.5) is 0 Å². The minimum atomic E-state index is -0.0225. The maximum absolute atomic E-state index is 12.9. The number of aromatic amines is 1. The van der Waals surface area contributed by atoms with Crippen LogP contribution >= 0.6 is 11.6 Å². The zero-order valence-corrected chi connectivity index (χ0v) is 16.2. The van der Waals surface area contributed by atoms with E-state index in [1.54, 1.807) is 0 Å². The number of aryl methyl sites for hydroxylation is 1. The fourth-order valence-corrected chi connectivity index (χ4v) is 4.15. The molecule has 2 aromatic carbocycles. The first-order valence-electron chi connectivity index (χ1n) is 9.51. The Labute approximate surface area is 164 Å². The standard InChI is InChI=1S/C22H24ClN3O/c1-2-18-19-12-16(23)8-9-20(19)25-21(18)22(27)24-17-10-11-26(14-17)13-15-6-4-3-5-7-15/h3-9,12,17,25H,2,10-11,13-14H2,1H3,(H,24,27)/t17-/m1/s1. The van der Waals surface area contributed by atoms with Crippen LogP contribution in [0.1, 0.15) is 35.0 Å². The highest BCUT2D eigenvalue weighted by atomic mass is 35.5. The van der Waals surface area contributed by atoms with Crippen LogP contribution in [0.25, 0.3) is 10.9 Å². The number of hydrogen-bond acceptors (Lipinski definition) is 2. The van der Waals surface area contributed by atoms with E-state index in [1.807, 2.05) is 24.3 Å². The summed E-state index contributed by atoms with van der Waals surface area (Å²) in [5.41, 5.74) is 3.96. The molecule has 3 aromatic rings. The Morgan fingerprint density at radius 1 is 1.26 bits per heavy atom. The van der Waals surface area contributed by atoms with Crippen LogP contribution < -0.4 is 5.32 Å². The van der Waals surface area contributed by atoms with Gasteiger partial charge in [-0.25, -0.2) is 0 Å². The average molecular weight is 382 g/mol. The Morgan fingerprint density at radius 3 is 2.85 bits per heavy atom. The van der Waals surface area contributed by atoms with E-state index in [4.69, 9.17) is 11.6 Å². The highest BCUT2D eigenvalue weighted by Gasteiger charge is 2.26. The predicted octanol–water partition coefficient (Wildman–Crippen LogP) is 4.39. The topological polar surface area (TPSA) is 48.1 Å². The van der Waals surface area contributed by atoms with Crippen molar-refractivity contribution in [2.24, 2.45) is 0 Å². The number of likely N-dealkylation sites (tertiary alicyclic amines) is 1. The van der Waals surface area contributed by atoms with Crippen LogP contribution in [0.15, 0.2) is 48.5 Å². The largest absolute Gasteiger partial charge is 0.350 e. The molecule has 0 spiro atoms. The van der Waals surface area contributed by atoms with Gasteiger partial charge in [0.05, 0.1) is 0 Å². The van der Waals surface area contributed by atoms with E-state index < -0.39 is 0 Å². The lowest BCUT2D eigenvalue weighted by atomic mass is 10.1. The third kappa shape index (κ3) is 3.87. The van der Waals surface area contributed by atoms with E-state index in [1.165, 1.54) is 5.56 Å². The van der Waals surface area contributed by atoms with Crippen molar-refractivity contribution in [1.29, 1.82) is 0 Å². The molecule has 2 N–H and O–H groups in total. The maximum Gasteiger partial charge on any atom is 0.268 e. The number of amides is 1. The van der Waals surface area contributed by atoms with Crippen molar-refractivity contribution in [3.05, 3.63) is 70.4 Å². The third-order valence-corrected chi connectivity index (χ3v) is 5.54. The lowest BCUT2D eigenvalue weighted by Gasteiger charge is -2.17. The van der Waals surface area contributed by atoms with Crippen LogP contribution in [0.2, 0.25) is 5.02 Å². The predicted molar refractivity (Wildman–Crippen MR) is 110 cm³/mol. The summed E-state index contributed by atoms with van der Waals surface area (Å²) in [7, 11) is 0. The van der Waals surface area contributed by atoms with Gasteiger partial charge in [0, 0.05) is 41.6 Å². The Kier molecular flexibility index (Phi) is 5.19. The second-order valence-corrected chi connectivity index (χ2v) is 7.64. The van der Waals surface area contributed by atoms with E-state index in [2.05, 4.69) is 46.4 Å². The van der Waals surface area contributed by atoms with Crippen LogP contribution in [0.5, 0.6) is 0 Å². The van der Waals surface area contributed by atoms with E-state index in [0.29, 0.717) is 10.7 Å². The van der Waals surface area contributed by atoms with Gasteiger partial charge in [0.2, 0.25) is 0 Å². The summed E-state index contributed by atoms with van der Waals surface area (Å²) in [6, 6.07) is 16.4. The Morgan fingerprint density at radius 2 is 2.07 bits per heavy atom. The average Bonchev–Trinajstić information content (AvgIpc) is 3.26. The first-order chi connectivity index (χ1) is 13.1. The molecule has 1 fully saturated rings. The summed E-state index contributed by atoms with van der Waals surface area (Å²) in [6.45, 7) is 4.88. The molecule has 4 nitrogen and oxygen atoms in total. The maximum atomic E-state index is 12.9. The molecule has 5 heteroatoms. The fourth-order valence-electron chi connectivity index (χ4n) is 3.97. The van der Waals surface area contributed by atoms with E-state index >= 15 is 0 Å². The number of benzene rings is 2. The van der Waals surface area contributed by atoms with E-state index in [9.17, 15) is 4.79 Å². The van der Waals surface area contributed by atoms with Gasteiger partial charge in [0.25, 0.3) is 5.91 Å². The van der Waals surface area contributed by atoms with Gasteiger partial charge in [-0.05, 0) is 42.2 Å². The lowest BCUT2D eigenvalue weighted by molar-refractivity contribution is 0.0932. The number of nitrogens with one attached hydrogen (secondary N) is 2. The highest BCUT2D eigenvalue weighted by Crippen LogP contribution is 2.26. The lowest BCUT2D eigenvalue weighted by Crippen LogP contribution is -2.37. The summed E-state index contributed by atoms with van der Waals surface area (Å²) < 4.78 is 0. The summed E-state index contributed by atoms with van der Waals surface area (Å²) in [4.78, 5) is 18.6. The number of carbonyl (C=O) groups is 1. The summed E-state index contributed by atoms with van der Waals surface area (Å²) in [5, 5.41) is 4.94. The quantitative estimate of drug-likeness (QED) is 0.688. The Bertz CT molecular complexity index is 951. The molecule has 0 aliphatic carbocycles. The normalized spacial score (nSPS) is 17.5. The van der Waals surface area contributed by atoms with Gasteiger partial charge in [-0.2, -0.15) is 0 Å². The number of halogens is 1. The summed E-state index contributed by atoms with van der Waals surface area (Å²) >= 11 is 6.14. The van der Waals surface area contributed by atoms with Crippen molar-refractivity contribution in [3.8, 4) is 0 Å². The molecule has 0 unspecified atom stereocenters. The van der Waals surface area contributed by atoms with Crippen molar-refractivity contribution in [2.75, 3.05) is 13.1 Å². The molecule has 2 heterocycles. The zero-order valence-electron chi connectivity index (χ0n) is 15.5. The minimum Gasteiger partial charge on any atom is -0.350 e. The van der Waals surface area contributed by atoms with E-state index in [-0.39, 0.29) is 11.9 Å². The molecule has 1 aliphatic heterocycles. The van der Waals surface area contributed by atoms with Gasteiger partial charge in [-0.3, -0.25) is 9.69 Å². The second-order valence-electron chi connectivity index (χ2n) is 7.20. The highest BCUT2D eigenvalue weighted by molar-refractivity contribution is 6.31. The molecule has 0 saturated carbocycles. The van der Waals surface area contributed by atoms with Gasteiger partial charge in [0.1, 0.15) is 5.69 Å². The number of aromatic nitrogens is 1. The number of H-pyrrole nitrogens is 1. The molecular weight excluding hydrogens is 358 g/mol. The molecule has 1 atom stereocenters. The van der Waals surface area contributed by atoms with Crippen LogP contribution in [0, 0.1) is 0 Å². The van der Waals surface area contributed by atoms with Gasteiger partial charge in [0.15, 0.2) is 0 Å². The van der Waals surface area contributed by atoms with Crippen molar-refractivity contribution < 1.29 is 4.79 Å². The fraction of sp³-hybridized carbons (Fsp3) is 0.318. The van der Waals surface area contributed by atoms with Gasteiger partial charge >= 0.3 is 0 Å². The smallest absolute Gasteiger partial charge is 0.268 e. The molecule has 1 amide bonds. The van der Waals surface area contributed by atoms with Crippen LogP contribution in [0.3, 0.4) is 0 Å². The molecule has 0 bridgehead atoms. The van der Waals surface area contributed by atoms with Gasteiger partial charge in [-0.1, -0.05) is 48.9 Å². The number of fused-ring (bicyclic) bond motifs is 1. The monoisotopic (exact) mass is 381 g/mol.